The molecule has 0 unspecified atom stereocenters. The molecule has 11 rings (SSSR count). The topological polar surface area (TPSA) is 39.4 Å². The van der Waals surface area contributed by atoms with E-state index in [9.17, 15) is 0 Å². The van der Waals surface area contributed by atoms with Gasteiger partial charge in [0.05, 0.1) is 5.39 Å². The predicted molar refractivity (Wildman–Crippen MR) is 202 cm³/mol. The Bertz CT molecular complexity index is 3040. The predicted octanol–water partition coefficient (Wildman–Crippen LogP) is 13.5. The number of hydrogen-bond acceptors (Lipinski definition) is 3. The van der Waals surface area contributed by atoms with Crippen LogP contribution in [0.5, 0.6) is 0 Å². The highest BCUT2D eigenvalue weighted by Crippen LogP contribution is 2.50. The first kappa shape index (κ1) is 26.5. The lowest BCUT2D eigenvalue weighted by Crippen LogP contribution is -1.91. The molecule has 49 heavy (non-hydrogen) atoms. The molecule has 0 bridgehead atoms. The summed E-state index contributed by atoms with van der Waals surface area (Å²) in [4.78, 5) is 0. The van der Waals surface area contributed by atoms with E-state index in [0.29, 0.717) is 0 Å². The van der Waals surface area contributed by atoms with Crippen molar-refractivity contribution < 1.29 is 13.3 Å². The van der Waals surface area contributed by atoms with Crippen LogP contribution in [-0.2, 0) is 0 Å². The van der Waals surface area contributed by atoms with Crippen LogP contribution in [0.3, 0.4) is 0 Å². The highest BCUT2D eigenvalue weighted by atomic mass is 16.3. The van der Waals surface area contributed by atoms with E-state index in [1.165, 1.54) is 0 Å². The number of rotatable bonds is 3. The Morgan fingerprint density at radius 1 is 0.327 bits per heavy atom. The monoisotopic (exact) mass is 626 g/mol. The lowest BCUT2D eigenvalue weighted by molar-refractivity contribution is 0.633. The number of hydrogen-bond donors (Lipinski definition) is 0. The summed E-state index contributed by atoms with van der Waals surface area (Å²) in [7, 11) is 0. The maximum absolute atomic E-state index is 6.79. The van der Waals surface area contributed by atoms with E-state index in [1.54, 1.807) is 0 Å². The van der Waals surface area contributed by atoms with Crippen molar-refractivity contribution in [3.63, 3.8) is 0 Å². The molecule has 0 radical (unpaired) electrons. The molecular weight excluding hydrogens is 601 g/mol. The van der Waals surface area contributed by atoms with Crippen molar-refractivity contribution in [3.05, 3.63) is 158 Å². The molecule has 0 saturated heterocycles. The molecule has 8 aromatic carbocycles. The van der Waals surface area contributed by atoms with Crippen LogP contribution >= 0.6 is 0 Å². The maximum Gasteiger partial charge on any atom is 0.147 e. The van der Waals surface area contributed by atoms with Crippen molar-refractivity contribution in [1.29, 1.82) is 0 Å². The molecule has 0 atom stereocenters. The highest BCUT2D eigenvalue weighted by Gasteiger charge is 2.25. The molecule has 0 amide bonds. The second-order valence-corrected chi connectivity index (χ2v) is 12.7. The van der Waals surface area contributed by atoms with Gasteiger partial charge in [-0.05, 0) is 45.8 Å². The lowest BCUT2D eigenvalue weighted by Gasteiger charge is -2.18. The summed E-state index contributed by atoms with van der Waals surface area (Å²) in [6, 6.07) is 55.2. The van der Waals surface area contributed by atoms with Crippen LogP contribution in [0.15, 0.2) is 171 Å². The Kier molecular flexibility index (Phi) is 5.38. The fraction of sp³-hybridized carbons (Fsp3) is 0. The van der Waals surface area contributed by atoms with Gasteiger partial charge in [0.1, 0.15) is 33.7 Å². The van der Waals surface area contributed by atoms with Gasteiger partial charge in [-0.2, -0.15) is 0 Å². The Morgan fingerprint density at radius 2 is 0.857 bits per heavy atom. The smallest absolute Gasteiger partial charge is 0.147 e. The molecule has 3 aromatic heterocycles. The van der Waals surface area contributed by atoms with E-state index < -0.39 is 0 Å². The van der Waals surface area contributed by atoms with Crippen LogP contribution in [-0.4, -0.2) is 0 Å². The average molecular weight is 627 g/mol. The molecule has 0 spiro atoms. The van der Waals surface area contributed by atoms with E-state index in [1.807, 2.05) is 42.5 Å². The molecule has 3 heteroatoms. The quantitative estimate of drug-likeness (QED) is 0.183. The summed E-state index contributed by atoms with van der Waals surface area (Å²) in [5.41, 5.74) is 9.77. The molecule has 0 aliphatic rings. The zero-order valence-electron chi connectivity index (χ0n) is 26.2. The van der Waals surface area contributed by atoms with Gasteiger partial charge in [0, 0.05) is 49.4 Å². The van der Waals surface area contributed by atoms with Gasteiger partial charge >= 0.3 is 0 Å². The number of para-hydroxylation sites is 3. The normalized spacial score (nSPS) is 12.1. The van der Waals surface area contributed by atoms with Crippen molar-refractivity contribution in [2.75, 3.05) is 0 Å². The van der Waals surface area contributed by atoms with Crippen LogP contribution < -0.4 is 0 Å². The fourth-order valence-electron chi connectivity index (χ4n) is 7.97. The minimum Gasteiger partial charge on any atom is -0.455 e. The van der Waals surface area contributed by atoms with Gasteiger partial charge < -0.3 is 13.3 Å². The van der Waals surface area contributed by atoms with Crippen molar-refractivity contribution in [1.82, 2.24) is 0 Å². The fourth-order valence-corrected chi connectivity index (χ4v) is 7.97. The second-order valence-electron chi connectivity index (χ2n) is 12.7. The third kappa shape index (κ3) is 3.73. The van der Waals surface area contributed by atoms with E-state index in [4.69, 9.17) is 13.3 Å². The molecule has 0 aliphatic carbocycles. The van der Waals surface area contributed by atoms with Gasteiger partial charge in [0.2, 0.25) is 0 Å². The van der Waals surface area contributed by atoms with Gasteiger partial charge in [-0.1, -0.05) is 133 Å². The number of fused-ring (bicyclic) bond motifs is 10. The first-order valence-electron chi connectivity index (χ1n) is 16.6. The number of furan rings is 3. The van der Waals surface area contributed by atoms with Crippen molar-refractivity contribution in [2.45, 2.75) is 0 Å². The van der Waals surface area contributed by atoms with E-state index in [2.05, 4.69) is 115 Å². The molecule has 0 saturated carbocycles. The number of benzene rings is 8. The first-order valence-corrected chi connectivity index (χ1v) is 16.6. The summed E-state index contributed by atoms with van der Waals surface area (Å²) in [5, 5.41) is 9.94. The van der Waals surface area contributed by atoms with E-state index >= 15 is 0 Å². The van der Waals surface area contributed by atoms with Crippen molar-refractivity contribution >= 4 is 76.4 Å². The standard InChI is InChI=1S/C46H26O3/c1-2-13-27(14-3-1)40-26-28-25-37(46-43(44(28)49-40)35-20-9-11-24-39(35)48-46)42-32-18-6-4-16-30(32)41(31-17-5-7-19-33(31)42)36-22-12-21-34-29-15-8-10-23-38(29)47-45(34)36/h1-26H. The Morgan fingerprint density at radius 3 is 1.55 bits per heavy atom. The first-order chi connectivity index (χ1) is 24.3. The molecule has 0 fully saturated rings. The van der Waals surface area contributed by atoms with Crippen LogP contribution in [0, 0.1) is 0 Å². The molecule has 228 valence electrons. The summed E-state index contributed by atoms with van der Waals surface area (Å²) < 4.78 is 20.1. The molecule has 11 aromatic rings. The zero-order chi connectivity index (χ0) is 32.1. The van der Waals surface area contributed by atoms with Crippen molar-refractivity contribution in [2.24, 2.45) is 0 Å². The van der Waals surface area contributed by atoms with Crippen molar-refractivity contribution in [3.8, 4) is 33.6 Å². The van der Waals surface area contributed by atoms with Gasteiger partial charge in [-0.3, -0.25) is 0 Å². The van der Waals surface area contributed by atoms with Gasteiger partial charge in [-0.15, -0.1) is 0 Å². The average Bonchev–Trinajstić information content (AvgIpc) is 3.87. The van der Waals surface area contributed by atoms with Gasteiger partial charge in [-0.25, -0.2) is 0 Å². The maximum atomic E-state index is 6.79. The third-order valence-electron chi connectivity index (χ3n) is 10.1. The van der Waals surface area contributed by atoms with Crippen LogP contribution in [0.4, 0.5) is 0 Å². The van der Waals surface area contributed by atoms with Gasteiger partial charge in [0.15, 0.2) is 0 Å². The summed E-state index contributed by atoms with van der Waals surface area (Å²) >= 11 is 0. The Hall–Kier alpha value is -6.58. The summed E-state index contributed by atoms with van der Waals surface area (Å²) in [6.07, 6.45) is 0. The molecule has 3 nitrogen and oxygen atoms in total. The Labute approximate surface area is 280 Å². The van der Waals surface area contributed by atoms with Gasteiger partial charge in [0.25, 0.3) is 0 Å². The minimum atomic E-state index is 0.824. The highest BCUT2D eigenvalue weighted by molar-refractivity contribution is 6.28. The zero-order valence-corrected chi connectivity index (χ0v) is 26.2. The SMILES string of the molecule is c1ccc(-c2cc3cc(-c4c5ccccc5c(-c5cccc6c5oc5ccccc56)c5ccccc45)c4oc5ccccc5c4c3o2)cc1. The third-order valence-corrected chi connectivity index (χ3v) is 10.1. The van der Waals surface area contributed by atoms with Crippen LogP contribution in [0.2, 0.25) is 0 Å². The van der Waals surface area contributed by atoms with Crippen LogP contribution in [0.25, 0.3) is 110 Å². The minimum absolute atomic E-state index is 0.824. The summed E-state index contributed by atoms with van der Waals surface area (Å²) in [5.74, 6) is 0.836. The molecular formula is C46H26O3. The lowest BCUT2D eigenvalue weighted by atomic mass is 9.85. The largest absolute Gasteiger partial charge is 0.455 e. The molecule has 3 heterocycles. The Balaban J connectivity index is 1.29. The molecule has 0 N–H and O–H groups in total. The second kappa shape index (κ2) is 9.96. The van der Waals surface area contributed by atoms with E-state index in [0.717, 1.165) is 110 Å². The summed E-state index contributed by atoms with van der Waals surface area (Å²) in [6.45, 7) is 0. The molecule has 0 aliphatic heterocycles. The van der Waals surface area contributed by atoms with E-state index in [-0.39, 0.29) is 0 Å². The van der Waals surface area contributed by atoms with Crippen LogP contribution in [0.1, 0.15) is 0 Å².